The van der Waals surface area contributed by atoms with Crippen molar-refractivity contribution in [3.63, 3.8) is 0 Å². The van der Waals surface area contributed by atoms with Crippen LogP contribution in [0.15, 0.2) is 98.1 Å². The average molecular weight is 1620 g/mol. The van der Waals surface area contributed by atoms with Crippen molar-refractivity contribution in [2.24, 2.45) is 5.92 Å². The molecule has 0 aliphatic carbocycles. The average Bonchev–Trinajstić information content (AvgIpc) is 1.51. The zero-order chi connectivity index (χ0) is 78.0. The molecule has 9 heterocycles. The number of nitrogen functional groups attached to an aromatic ring is 2. The van der Waals surface area contributed by atoms with Gasteiger partial charge >= 0.3 is 6.80 Å². The van der Waals surface area contributed by atoms with Crippen LogP contribution >= 0.6 is 32.1 Å². The molecule has 110 heavy (non-hydrogen) atoms. The molecule has 41 heteroatoms. The van der Waals surface area contributed by atoms with Gasteiger partial charge in [0.1, 0.15) is 60.2 Å². The summed E-state index contributed by atoms with van der Waals surface area (Å²) >= 11 is 5.57. The van der Waals surface area contributed by atoms with Gasteiger partial charge in [-0.3, -0.25) is 51.7 Å². The van der Waals surface area contributed by atoms with E-state index >= 15 is 13.3 Å². The van der Waals surface area contributed by atoms with Crippen LogP contribution in [0.3, 0.4) is 0 Å². The molecule has 0 radical (unpaired) electrons. The number of nitrogens with zero attached hydrogens (tertiary/aromatic N) is 10. The highest BCUT2D eigenvalue weighted by Gasteiger charge is 2.55. The molecule has 3 fully saturated rings. The van der Waals surface area contributed by atoms with E-state index in [4.69, 9.17) is 55.4 Å². The fourth-order valence-electron chi connectivity index (χ4n) is 13.4. The number of hydrogen-bond donors (Lipinski definition) is 9. The van der Waals surface area contributed by atoms with Crippen LogP contribution in [0.2, 0.25) is 0 Å². The Morgan fingerprint density at radius 3 is 2.01 bits per heavy atom. The molecule has 3 saturated heterocycles. The van der Waals surface area contributed by atoms with E-state index in [1.165, 1.54) is 35.4 Å². The number of nitrogens with two attached hydrogens (primary N) is 2. The summed E-state index contributed by atoms with van der Waals surface area (Å²) < 4.78 is 108. The lowest BCUT2D eigenvalue weighted by Crippen LogP contribution is -2.53. The second-order valence-corrected chi connectivity index (χ2v) is 37.7. The molecule has 33 nitrogen and oxygen atoms in total. The number of imidazole rings is 2. The van der Waals surface area contributed by atoms with Crippen molar-refractivity contribution in [3.05, 3.63) is 120 Å². The van der Waals surface area contributed by atoms with Crippen molar-refractivity contribution in [1.29, 1.82) is 0 Å². The van der Waals surface area contributed by atoms with Crippen molar-refractivity contribution in [2.75, 3.05) is 61.3 Å². The molecule has 0 bridgehead atoms. The maximum absolute atomic E-state index is 17.2. The SMILES string of the molecule is B[P@]1(=O)OC[C@H]2O[C@@H](n3cnc4c(N)ncnc43)[C@H](F)[C@@H]2O[P@@](=O)(SCc2ccc(NC(=O)[C@H](C)NC(=O)[C@@H](NC(=O)CCCCCN3NNC4=C3c3ccccc3CN(C(=O)CCCCC(=O)NCCCCCCOP(C)(O)=S)c3ccccc34)C(C)C)cc2)OCC2O[C@@H](n3cnc4c(N)ncnc43)[C@H](F)[C@@H]2O1. The van der Waals surface area contributed by atoms with E-state index in [0.717, 1.165) is 79.7 Å². The highest BCUT2D eigenvalue weighted by molar-refractivity contribution is 8.54. The van der Waals surface area contributed by atoms with E-state index in [9.17, 15) is 33.4 Å². The van der Waals surface area contributed by atoms with Crippen LogP contribution in [0.25, 0.3) is 33.7 Å². The van der Waals surface area contributed by atoms with Crippen molar-refractivity contribution in [1.82, 2.24) is 71.0 Å². The minimum Gasteiger partial charge on any atom is -0.382 e. The van der Waals surface area contributed by atoms with Gasteiger partial charge in [0.25, 0.3) is 15.0 Å². The predicted octanol–water partition coefficient (Wildman–Crippen LogP) is 7.93. The number of nitrogens with one attached hydrogen (secondary N) is 6. The first-order chi connectivity index (χ1) is 52.7. The number of alkyl halides is 2. The summed E-state index contributed by atoms with van der Waals surface area (Å²) in [6.07, 6.45) is -1.58. The number of benzene rings is 3. The lowest BCUT2D eigenvalue weighted by atomic mass is 9.95. The fourth-order valence-corrected chi connectivity index (χ4v) is 18.7. The van der Waals surface area contributed by atoms with Gasteiger partial charge in [-0.2, -0.15) is 0 Å². The number of unbranched alkanes of at least 4 members (excludes halogenated alkanes) is 6. The minimum atomic E-state index is -4.63. The first kappa shape index (κ1) is 81.6. The second-order valence-electron chi connectivity index (χ2n) is 27.8. The zero-order valence-corrected chi connectivity index (χ0v) is 65.5. The number of carbonyl (C=O) groups is 5. The maximum atomic E-state index is 17.2. The zero-order valence-electron chi connectivity index (χ0n) is 61.2. The Balaban J connectivity index is 0.617. The molecule has 5 amide bonds. The highest BCUT2D eigenvalue weighted by Crippen LogP contribution is 2.65. The van der Waals surface area contributed by atoms with Crippen LogP contribution < -0.4 is 48.6 Å². The molecule has 12 rings (SSSR count). The molecule has 5 aliphatic rings. The Hall–Kier alpha value is -7.93. The largest absolute Gasteiger partial charge is 0.389 e. The van der Waals surface area contributed by atoms with Gasteiger partial charge in [-0.1, -0.05) is 87.7 Å². The number of fused-ring (bicyclic) bond motifs is 8. The standard InChI is InChI=1S/C69H90BF2N18O15P3S2/c1-40(2)55(84-51(92)23-8-7-16-30-90-59-45-19-10-9-18-43(45)32-87(47-21-12-11-20-46(47)56(59)85-86-90)52(93)24-14-13-22-50(91)75-29-15-5-6-17-31-99-106(4,96)109)67(95)82-41(3)66(94)83-44-27-25-42(26-28-44)35-110-108(98)101-34-49-60(53(71)68(103-49)88-38-80-57-62(73)76-36-78-64(57)88)104-107(70,97)100-33-48-61(105-108)54(72)69(102-48)89-39-81-58-63(74)77-37-79-65(58)89/h9-12,18-21,25-28,36-41,48-49,53-55,60-61,68-69,85-86H,5-8,13-17,22-24,29-35,70H2,1-4H3,(H,75,91)(H,82,95)(H,83,94)(H,84,92)(H,96,109)(H2,73,76,78)(H2,74,77,79)/t41-,48+,49?,53+,54+,55-,60+,61+,68+,69+,106?,107-,108-/m0/s1. The van der Waals surface area contributed by atoms with E-state index in [1.54, 1.807) is 38.1 Å². The number of para-hydroxylation sites is 1. The molecule has 0 saturated carbocycles. The Morgan fingerprint density at radius 2 is 1.34 bits per heavy atom. The van der Waals surface area contributed by atoms with Gasteiger partial charge in [0.05, 0.1) is 56.1 Å². The summed E-state index contributed by atoms with van der Waals surface area (Å²) in [4.78, 5) is 104. The number of carbonyl (C=O) groups excluding carboxylic acids is 5. The third-order valence-electron chi connectivity index (χ3n) is 19.2. The second kappa shape index (κ2) is 36.3. The van der Waals surface area contributed by atoms with Crippen molar-refractivity contribution in [2.45, 2.75) is 171 Å². The molecule has 590 valence electrons. The summed E-state index contributed by atoms with van der Waals surface area (Å²) in [5.41, 5.74) is 25.4. The van der Waals surface area contributed by atoms with Crippen molar-refractivity contribution in [3.8, 4) is 0 Å². The molecule has 4 aromatic heterocycles. The lowest BCUT2D eigenvalue weighted by Gasteiger charge is -2.30. The fraction of sp³-hybridized carbons (Fsp3) is 0.493. The monoisotopic (exact) mass is 1620 g/mol. The van der Waals surface area contributed by atoms with Gasteiger partial charge in [0.2, 0.25) is 29.5 Å². The molecule has 13 atom stereocenters. The number of amides is 5. The number of ether oxygens (including phenoxy) is 2. The van der Waals surface area contributed by atoms with Crippen LogP contribution in [-0.4, -0.2) is 174 Å². The van der Waals surface area contributed by atoms with Gasteiger partial charge in [-0.25, -0.2) is 43.2 Å². The van der Waals surface area contributed by atoms with Crippen LogP contribution in [0.4, 0.5) is 31.8 Å². The smallest absolute Gasteiger partial charge is 0.382 e. The Morgan fingerprint density at radius 1 is 0.736 bits per heavy atom. The van der Waals surface area contributed by atoms with Gasteiger partial charge in [0, 0.05) is 61.6 Å². The van der Waals surface area contributed by atoms with Crippen LogP contribution in [-0.2, 0) is 89.3 Å². The number of hydrogen-bond acceptors (Lipinski definition) is 27. The molecule has 2 unspecified atom stereocenters. The summed E-state index contributed by atoms with van der Waals surface area (Å²) in [7, 11) is -3.16. The van der Waals surface area contributed by atoms with Crippen LogP contribution in [0.5, 0.6) is 0 Å². The minimum absolute atomic E-state index is 0.0103. The van der Waals surface area contributed by atoms with Gasteiger partial charge in [0.15, 0.2) is 54.2 Å². The Bertz CT molecular complexity index is 4670. The molecule has 11 N–H and O–H groups in total. The highest BCUT2D eigenvalue weighted by atomic mass is 32.7. The van der Waals surface area contributed by atoms with Crippen LogP contribution in [0.1, 0.15) is 133 Å². The predicted molar refractivity (Wildman–Crippen MR) is 414 cm³/mol. The summed E-state index contributed by atoms with van der Waals surface area (Å²) in [6.45, 7) is -0.128. The third kappa shape index (κ3) is 19.9. The third-order valence-corrected chi connectivity index (χ3v) is 25.0. The maximum Gasteiger partial charge on any atom is 0.389 e. The van der Waals surface area contributed by atoms with Crippen molar-refractivity contribution >= 4 is 138 Å². The van der Waals surface area contributed by atoms with Gasteiger partial charge < -0.3 is 71.0 Å². The number of halogens is 2. The van der Waals surface area contributed by atoms with Crippen molar-refractivity contribution < 1.29 is 78.9 Å². The molecule has 0 spiro atoms. The van der Waals surface area contributed by atoms with E-state index in [2.05, 4.69) is 67.1 Å². The van der Waals surface area contributed by atoms with E-state index in [-0.39, 0.29) is 76.2 Å². The molecule has 7 aromatic rings. The number of hydrazine groups is 2. The summed E-state index contributed by atoms with van der Waals surface area (Å²) in [5, 5.41) is 13.4. The first-order valence-electron chi connectivity index (χ1n) is 36.4. The topological polar surface area (TPSA) is 422 Å². The first-order valence-corrected chi connectivity index (χ1v) is 44.6. The van der Waals surface area contributed by atoms with Gasteiger partial charge in [-0.15, -0.1) is 5.53 Å². The van der Waals surface area contributed by atoms with E-state index < -0.39 is 107 Å². The Labute approximate surface area is 643 Å². The molecular formula is C69H90BF2N18O15P3S2. The quantitative estimate of drug-likeness (QED) is 0.0117. The van der Waals surface area contributed by atoms with Crippen LogP contribution in [0, 0.1) is 5.92 Å². The molecule has 5 aliphatic heterocycles. The number of anilines is 4. The molecule has 3 aromatic carbocycles. The Kier molecular flexibility index (Phi) is 26.9. The summed E-state index contributed by atoms with van der Waals surface area (Å²) in [5.74, 6) is -1.97. The normalized spacial score (nSPS) is 24.4. The lowest BCUT2D eigenvalue weighted by molar-refractivity contribution is -0.131. The number of aromatic nitrogens is 8. The summed E-state index contributed by atoms with van der Waals surface area (Å²) in [6, 6.07) is 20.1. The van der Waals surface area contributed by atoms with E-state index in [0.29, 0.717) is 87.4 Å². The van der Waals surface area contributed by atoms with Gasteiger partial charge in [-0.05, 0) is 104 Å². The number of rotatable bonds is 30. The van der Waals surface area contributed by atoms with E-state index in [1.807, 2.05) is 53.4 Å². The molecular weight excluding hydrogens is 1530 g/mol.